The molecule has 3 aliphatic heterocycles. The standard InChI is InChI=1S/C35H41ClN4O7S/c1-37(2)34(42)47-32-9-5-6-20-39(32)35(28-16-10-24(21-31(28)46-4)23-38-18-7-8-19-38)29-22-25(36)11-17-30(29)40(33(35)41)48(43,44)27-14-12-26(45-3)13-15-27/h10-17,21-22,32H,5-9,18-20,23H2,1-4H3/t32-,35?/m0/s1. The van der Waals surface area contributed by atoms with Gasteiger partial charge in [0, 0.05) is 43.3 Å². The van der Waals surface area contributed by atoms with Gasteiger partial charge in [-0.3, -0.25) is 9.69 Å². The number of piperidine rings is 1. The maximum Gasteiger partial charge on any atom is 0.410 e. The molecule has 0 N–H and O–H groups in total. The van der Waals surface area contributed by atoms with Crippen LogP contribution in [0.3, 0.4) is 0 Å². The van der Waals surface area contributed by atoms with E-state index in [1.165, 1.54) is 43.4 Å². The van der Waals surface area contributed by atoms with Crippen LogP contribution in [0.4, 0.5) is 10.5 Å². The summed E-state index contributed by atoms with van der Waals surface area (Å²) in [4.78, 5) is 33.9. The Morgan fingerprint density at radius 3 is 2.29 bits per heavy atom. The zero-order chi connectivity index (χ0) is 34.2. The fraction of sp³-hybridized carbons (Fsp3) is 0.429. The first-order valence-corrected chi connectivity index (χ1v) is 17.9. The first kappa shape index (κ1) is 34.0. The van der Waals surface area contributed by atoms with Gasteiger partial charge in [-0.05, 0) is 99.3 Å². The molecular formula is C35H41ClN4O7S. The fourth-order valence-corrected chi connectivity index (χ4v) is 8.72. The van der Waals surface area contributed by atoms with Crippen LogP contribution in [-0.4, -0.2) is 89.3 Å². The van der Waals surface area contributed by atoms with E-state index in [9.17, 15) is 13.2 Å². The summed E-state index contributed by atoms with van der Waals surface area (Å²) in [5.74, 6) is 0.146. The summed E-state index contributed by atoms with van der Waals surface area (Å²) in [5.41, 5.74) is 0.169. The smallest absolute Gasteiger partial charge is 0.410 e. The second-order valence-electron chi connectivity index (χ2n) is 12.6. The molecule has 2 amide bonds. The van der Waals surface area contributed by atoms with Crippen LogP contribution in [-0.2, 0) is 31.6 Å². The van der Waals surface area contributed by atoms with E-state index in [2.05, 4.69) is 4.90 Å². The summed E-state index contributed by atoms with van der Waals surface area (Å²) in [5, 5.41) is 0.318. The van der Waals surface area contributed by atoms with Crippen LogP contribution in [0.5, 0.6) is 11.5 Å². The van der Waals surface area contributed by atoms with Crippen molar-refractivity contribution in [3.05, 3.63) is 82.4 Å². The second-order valence-corrected chi connectivity index (χ2v) is 14.8. The highest BCUT2D eigenvalue weighted by molar-refractivity contribution is 7.93. The molecule has 2 saturated heterocycles. The molecule has 0 radical (unpaired) electrons. The Hall–Kier alpha value is -3.84. The molecule has 0 aliphatic carbocycles. The SMILES string of the molecule is COc1ccc(S(=O)(=O)N2C(=O)C(c3ccc(CN4CCCC4)cc3OC)(N3CCCC[C@@H]3OC(=O)N(C)C)c3cc(Cl)ccc32)cc1. The minimum absolute atomic E-state index is 0.0875. The van der Waals surface area contributed by atoms with Gasteiger partial charge in [-0.15, -0.1) is 0 Å². The Bertz CT molecular complexity index is 1800. The van der Waals surface area contributed by atoms with Gasteiger partial charge in [-0.2, -0.15) is 0 Å². The molecule has 0 bridgehead atoms. The lowest BCUT2D eigenvalue weighted by atomic mass is 9.79. The van der Waals surface area contributed by atoms with Crippen LogP contribution in [0.25, 0.3) is 0 Å². The highest BCUT2D eigenvalue weighted by Crippen LogP contribution is 2.54. The average molecular weight is 697 g/mol. The highest BCUT2D eigenvalue weighted by atomic mass is 35.5. The van der Waals surface area contributed by atoms with E-state index in [0.717, 1.165) is 42.2 Å². The van der Waals surface area contributed by atoms with Crippen LogP contribution in [0.15, 0.2) is 65.6 Å². The third-order valence-corrected chi connectivity index (χ3v) is 11.3. The Morgan fingerprint density at radius 1 is 0.917 bits per heavy atom. The topological polar surface area (TPSA) is 109 Å². The molecule has 3 aromatic rings. The Labute approximate surface area is 286 Å². The molecule has 256 valence electrons. The summed E-state index contributed by atoms with van der Waals surface area (Å²) in [7, 11) is 1.75. The van der Waals surface area contributed by atoms with Crippen LogP contribution in [0, 0.1) is 0 Å². The quantitative estimate of drug-likeness (QED) is 0.289. The number of nitrogens with zero attached hydrogens (tertiary/aromatic N) is 4. The van der Waals surface area contributed by atoms with Crippen molar-refractivity contribution < 1.29 is 32.2 Å². The summed E-state index contributed by atoms with van der Waals surface area (Å²) in [6, 6.07) is 16.4. The molecule has 6 rings (SSSR count). The van der Waals surface area contributed by atoms with Gasteiger partial charge in [-0.1, -0.05) is 23.7 Å². The lowest BCUT2D eigenvalue weighted by molar-refractivity contribution is -0.140. The van der Waals surface area contributed by atoms with Crippen molar-refractivity contribution >= 4 is 39.3 Å². The summed E-state index contributed by atoms with van der Waals surface area (Å²) in [6.07, 6.45) is 2.72. The molecule has 13 heteroatoms. The molecule has 1 unspecified atom stereocenters. The summed E-state index contributed by atoms with van der Waals surface area (Å²) in [6.45, 7) is 3.05. The van der Waals surface area contributed by atoms with Crippen molar-refractivity contribution in [3.63, 3.8) is 0 Å². The number of amides is 2. The third kappa shape index (κ3) is 5.89. The number of sulfonamides is 1. The number of anilines is 1. The number of hydrogen-bond acceptors (Lipinski definition) is 9. The lowest BCUT2D eigenvalue weighted by Crippen LogP contribution is -2.60. The van der Waals surface area contributed by atoms with Crippen LogP contribution >= 0.6 is 11.6 Å². The van der Waals surface area contributed by atoms with Crippen LogP contribution < -0.4 is 13.8 Å². The van der Waals surface area contributed by atoms with E-state index in [1.807, 2.05) is 23.1 Å². The van der Waals surface area contributed by atoms with E-state index >= 15 is 4.79 Å². The number of halogens is 1. The van der Waals surface area contributed by atoms with E-state index in [0.29, 0.717) is 53.6 Å². The minimum Gasteiger partial charge on any atom is -0.497 e. The molecule has 3 aliphatic rings. The number of rotatable bonds is 9. The number of fused-ring (bicyclic) bond motifs is 1. The van der Waals surface area contributed by atoms with Crippen molar-refractivity contribution in [1.29, 1.82) is 0 Å². The van der Waals surface area contributed by atoms with E-state index < -0.39 is 33.8 Å². The lowest BCUT2D eigenvalue weighted by Gasteiger charge is -2.46. The number of methoxy groups -OCH3 is 2. The minimum atomic E-state index is -4.46. The van der Waals surface area contributed by atoms with Crippen molar-refractivity contribution in [1.82, 2.24) is 14.7 Å². The molecule has 0 aromatic heterocycles. The van der Waals surface area contributed by atoms with Gasteiger partial charge >= 0.3 is 6.09 Å². The fourth-order valence-electron chi connectivity index (χ4n) is 7.09. The van der Waals surface area contributed by atoms with Crippen molar-refractivity contribution in [2.45, 2.75) is 55.3 Å². The van der Waals surface area contributed by atoms with Gasteiger partial charge in [-0.25, -0.2) is 22.4 Å². The number of hydrogen-bond donors (Lipinski definition) is 0. The van der Waals surface area contributed by atoms with Crippen molar-refractivity contribution in [2.24, 2.45) is 0 Å². The Balaban J connectivity index is 1.59. The predicted molar refractivity (Wildman–Crippen MR) is 182 cm³/mol. The average Bonchev–Trinajstić information content (AvgIpc) is 3.68. The second kappa shape index (κ2) is 13.6. The van der Waals surface area contributed by atoms with Gasteiger partial charge in [0.05, 0.1) is 24.8 Å². The van der Waals surface area contributed by atoms with Gasteiger partial charge in [0.1, 0.15) is 11.5 Å². The number of benzene rings is 3. The van der Waals surface area contributed by atoms with Crippen molar-refractivity contribution in [2.75, 3.05) is 52.3 Å². The highest BCUT2D eigenvalue weighted by Gasteiger charge is 2.62. The largest absolute Gasteiger partial charge is 0.497 e. The number of carbonyl (C=O) groups excluding carboxylic acids is 2. The molecule has 3 heterocycles. The summed E-state index contributed by atoms with van der Waals surface area (Å²) < 4.78 is 47.2. The van der Waals surface area contributed by atoms with Gasteiger partial charge in [0.25, 0.3) is 15.9 Å². The van der Waals surface area contributed by atoms with E-state index in [1.54, 1.807) is 32.3 Å². The Kier molecular flexibility index (Phi) is 9.63. The van der Waals surface area contributed by atoms with Crippen LogP contribution in [0.1, 0.15) is 48.8 Å². The summed E-state index contributed by atoms with van der Waals surface area (Å²) >= 11 is 6.65. The van der Waals surface area contributed by atoms with Gasteiger partial charge < -0.3 is 19.1 Å². The number of likely N-dealkylation sites (tertiary alicyclic amines) is 2. The molecular weight excluding hydrogens is 656 g/mol. The first-order valence-electron chi connectivity index (χ1n) is 16.1. The van der Waals surface area contributed by atoms with E-state index in [-0.39, 0.29) is 10.6 Å². The molecule has 11 nitrogen and oxygen atoms in total. The number of ether oxygens (including phenoxy) is 3. The maximum absolute atomic E-state index is 15.5. The molecule has 3 aromatic carbocycles. The molecule has 0 spiro atoms. The third-order valence-electron chi connectivity index (χ3n) is 9.40. The number of carbonyl (C=O) groups is 2. The first-order chi connectivity index (χ1) is 23.0. The zero-order valence-corrected chi connectivity index (χ0v) is 29.2. The Morgan fingerprint density at radius 2 is 1.62 bits per heavy atom. The molecule has 0 saturated carbocycles. The molecule has 2 atom stereocenters. The van der Waals surface area contributed by atoms with Gasteiger partial charge in [0.2, 0.25) is 0 Å². The molecule has 2 fully saturated rings. The zero-order valence-electron chi connectivity index (χ0n) is 27.6. The van der Waals surface area contributed by atoms with E-state index in [4.69, 9.17) is 25.8 Å². The van der Waals surface area contributed by atoms with Crippen molar-refractivity contribution in [3.8, 4) is 11.5 Å². The van der Waals surface area contributed by atoms with Gasteiger partial charge in [0.15, 0.2) is 11.8 Å². The normalized spacial score (nSPS) is 21.6. The molecule has 48 heavy (non-hydrogen) atoms. The maximum atomic E-state index is 15.5. The monoisotopic (exact) mass is 696 g/mol. The predicted octanol–water partition coefficient (Wildman–Crippen LogP) is 5.44. The van der Waals surface area contributed by atoms with Crippen LogP contribution in [0.2, 0.25) is 5.02 Å².